The zero-order chi connectivity index (χ0) is 15.0. The van der Waals surface area contributed by atoms with Crippen LogP contribution >= 0.6 is 0 Å². The first kappa shape index (κ1) is 21.3. The summed E-state index contributed by atoms with van der Waals surface area (Å²) in [6, 6.07) is 9.59. The van der Waals surface area contributed by atoms with Crippen LogP contribution in [0.5, 0.6) is 0 Å². The van der Waals surface area contributed by atoms with Crippen LogP contribution in [0.15, 0.2) is 49.1 Å². The molecule has 0 spiro atoms. The van der Waals surface area contributed by atoms with E-state index in [2.05, 4.69) is 43.9 Å². The maximum absolute atomic E-state index is 8.70. The van der Waals surface area contributed by atoms with Crippen molar-refractivity contribution in [3.63, 3.8) is 0 Å². The van der Waals surface area contributed by atoms with Gasteiger partial charge in [-0.25, -0.2) is 0 Å². The van der Waals surface area contributed by atoms with Crippen LogP contribution in [0.1, 0.15) is 12.0 Å². The van der Waals surface area contributed by atoms with Gasteiger partial charge in [-0.2, -0.15) is 0 Å². The second kappa shape index (κ2) is 10.9. The summed E-state index contributed by atoms with van der Waals surface area (Å²) in [4.78, 5) is 0. The molecule has 1 aromatic rings. The van der Waals surface area contributed by atoms with Crippen LogP contribution < -0.4 is 5.19 Å². The molecule has 113 valence electrons. The number of benzene rings is 1. The summed E-state index contributed by atoms with van der Waals surface area (Å²) in [5.74, 6) is 0. The van der Waals surface area contributed by atoms with Crippen LogP contribution in [0.2, 0.25) is 19.1 Å². The Bertz CT molecular complexity index is 443. The third kappa shape index (κ3) is 7.90. The van der Waals surface area contributed by atoms with E-state index >= 15 is 0 Å². The third-order valence-corrected chi connectivity index (χ3v) is 6.72. The van der Waals surface area contributed by atoms with E-state index < -0.39 is 8.07 Å². The molecular formula is C17H26AcNOSi-. The van der Waals surface area contributed by atoms with Crippen molar-refractivity contribution in [2.45, 2.75) is 38.0 Å². The van der Waals surface area contributed by atoms with E-state index in [4.69, 9.17) is 10.8 Å². The Morgan fingerprint density at radius 2 is 1.90 bits per heavy atom. The summed E-state index contributed by atoms with van der Waals surface area (Å²) in [5.41, 5.74) is 9.16. The number of hydrogen-bond acceptors (Lipinski definition) is 1. The van der Waals surface area contributed by atoms with Crippen LogP contribution in [0, 0.1) is 44.1 Å². The van der Waals surface area contributed by atoms with E-state index in [-0.39, 0.29) is 56.7 Å². The fourth-order valence-corrected chi connectivity index (χ4v) is 4.25. The van der Waals surface area contributed by atoms with Crippen molar-refractivity contribution in [2.75, 3.05) is 6.61 Å². The number of aliphatic hydroxyl groups is 1. The van der Waals surface area contributed by atoms with Gasteiger partial charge in [0.1, 0.15) is 0 Å². The molecule has 0 aromatic heterocycles. The van der Waals surface area contributed by atoms with E-state index in [0.717, 1.165) is 12.5 Å². The SMILES string of the molecule is C=CC[Si](C)(C)c1ccc(C[C@H]([NH-])/C=C\CCO)cc1.[Ac]. The van der Waals surface area contributed by atoms with E-state index in [0.29, 0.717) is 6.42 Å². The first-order chi connectivity index (χ1) is 9.49. The van der Waals surface area contributed by atoms with Gasteiger partial charge in [-0.3, -0.25) is 0 Å². The van der Waals surface area contributed by atoms with Crippen LogP contribution in [0.4, 0.5) is 0 Å². The Kier molecular flexibility index (Phi) is 11.1. The van der Waals surface area contributed by atoms with Gasteiger partial charge < -0.3 is 10.8 Å². The summed E-state index contributed by atoms with van der Waals surface area (Å²) < 4.78 is 0. The minimum Gasteiger partial charge on any atom is -0.671 e. The van der Waals surface area contributed by atoms with Crippen LogP contribution in [0.25, 0.3) is 5.73 Å². The molecule has 1 aromatic carbocycles. The molecule has 2 nitrogen and oxygen atoms in total. The molecule has 0 fully saturated rings. The van der Waals surface area contributed by atoms with Crippen molar-refractivity contribution in [3.05, 3.63) is 60.4 Å². The molecule has 0 saturated heterocycles. The van der Waals surface area contributed by atoms with Crippen molar-refractivity contribution < 1.29 is 49.2 Å². The van der Waals surface area contributed by atoms with Gasteiger partial charge >= 0.3 is 0 Å². The predicted octanol–water partition coefficient (Wildman–Crippen LogP) is 3.69. The van der Waals surface area contributed by atoms with Gasteiger partial charge in [0.25, 0.3) is 0 Å². The number of hydrogen-bond donors (Lipinski definition) is 1. The fraction of sp³-hybridized carbons (Fsp3) is 0.412. The fourth-order valence-electron chi connectivity index (χ4n) is 2.23. The molecule has 1 rings (SSSR count). The minimum atomic E-state index is -1.37. The van der Waals surface area contributed by atoms with E-state index in [1.807, 2.05) is 18.2 Å². The predicted molar refractivity (Wildman–Crippen MR) is 91.2 cm³/mol. The Balaban J connectivity index is 0.00000400. The quantitative estimate of drug-likeness (QED) is 0.417. The van der Waals surface area contributed by atoms with E-state index in [1.165, 1.54) is 10.8 Å². The summed E-state index contributed by atoms with van der Waals surface area (Å²) in [6.45, 7) is 8.71. The monoisotopic (exact) mass is 515 g/mol. The Morgan fingerprint density at radius 1 is 1.29 bits per heavy atom. The normalized spacial score (nSPS) is 13.0. The van der Waals surface area contributed by atoms with Gasteiger partial charge in [0, 0.05) is 50.7 Å². The Hall–Kier alpha value is 0.278. The molecule has 21 heavy (non-hydrogen) atoms. The second-order valence-electron chi connectivity index (χ2n) is 5.82. The third-order valence-electron chi connectivity index (χ3n) is 3.51. The molecule has 4 heteroatoms. The topological polar surface area (TPSA) is 44.0 Å². The maximum atomic E-state index is 8.70. The van der Waals surface area contributed by atoms with Crippen molar-refractivity contribution in [1.82, 2.24) is 0 Å². The van der Waals surface area contributed by atoms with Crippen LogP contribution in [-0.2, 0) is 6.42 Å². The van der Waals surface area contributed by atoms with Gasteiger partial charge in [0.15, 0.2) is 0 Å². The number of rotatable bonds is 8. The van der Waals surface area contributed by atoms with Gasteiger partial charge in [-0.05, 0) is 24.4 Å². The molecular weight excluding hydrogens is 489 g/mol. The smallest absolute Gasteiger partial charge is 0.0843 e. The molecule has 0 aliphatic rings. The number of aliphatic hydroxyl groups excluding tert-OH is 1. The zero-order valence-electron chi connectivity index (χ0n) is 13.2. The summed E-state index contributed by atoms with van der Waals surface area (Å²) in [5, 5.41) is 10.1. The van der Waals surface area contributed by atoms with Crippen LogP contribution in [0.3, 0.4) is 0 Å². The van der Waals surface area contributed by atoms with E-state index in [1.54, 1.807) is 0 Å². The molecule has 0 heterocycles. The molecule has 0 unspecified atom stereocenters. The van der Waals surface area contributed by atoms with Gasteiger partial charge in [0.05, 0.1) is 8.07 Å². The minimum absolute atomic E-state index is 0. The summed E-state index contributed by atoms with van der Waals surface area (Å²) in [7, 11) is -1.37. The molecule has 0 saturated carbocycles. The summed E-state index contributed by atoms with van der Waals surface area (Å²) >= 11 is 0. The van der Waals surface area contributed by atoms with Crippen molar-refractivity contribution >= 4 is 13.3 Å². The van der Waals surface area contributed by atoms with Gasteiger partial charge in [-0.15, -0.1) is 18.7 Å². The van der Waals surface area contributed by atoms with Crippen LogP contribution in [-0.4, -0.2) is 25.8 Å². The Morgan fingerprint density at radius 3 is 2.43 bits per heavy atom. The largest absolute Gasteiger partial charge is 0.671 e. The van der Waals surface area contributed by atoms with Gasteiger partial charge in [-0.1, -0.05) is 54.7 Å². The first-order valence-corrected chi connectivity index (χ1v) is 10.4. The van der Waals surface area contributed by atoms with E-state index in [9.17, 15) is 0 Å². The average Bonchev–Trinajstić information content (AvgIpc) is 2.39. The van der Waals surface area contributed by atoms with Crippen molar-refractivity contribution in [2.24, 2.45) is 0 Å². The molecule has 2 N–H and O–H groups in total. The first-order valence-electron chi connectivity index (χ1n) is 7.18. The molecule has 1 atom stereocenters. The maximum Gasteiger partial charge on any atom is 0.0843 e. The molecule has 0 amide bonds. The molecule has 0 aliphatic heterocycles. The van der Waals surface area contributed by atoms with Gasteiger partial charge in [0.2, 0.25) is 0 Å². The van der Waals surface area contributed by atoms with Crippen molar-refractivity contribution in [1.29, 1.82) is 0 Å². The standard InChI is InChI=1S/C17H26NOSi.Ac/c1-4-13-20(2,3)17-10-8-15(9-11-17)14-16(18)7-5-6-12-19;/h4-5,7-11,16,18-19H,1,6,12-14H2,2-3H3;/q-1;/b7-5-;/t16-;/m1./s1. The molecule has 0 aliphatic carbocycles. The Labute approximate surface area is 166 Å². The second-order valence-corrected chi connectivity index (χ2v) is 10.6. The zero-order valence-corrected chi connectivity index (χ0v) is 18.9. The molecule has 1 radical (unpaired) electrons. The number of allylic oxidation sites excluding steroid dienone is 1. The number of nitrogens with one attached hydrogen (secondary N) is 1. The average molecular weight is 515 g/mol. The van der Waals surface area contributed by atoms with Crippen molar-refractivity contribution in [3.8, 4) is 0 Å². The summed E-state index contributed by atoms with van der Waals surface area (Å²) in [6.07, 6.45) is 7.12. The molecule has 0 bridgehead atoms.